The Hall–Kier alpha value is -0.540. The molecule has 0 spiro atoms. The molecule has 0 saturated heterocycles. The van der Waals surface area contributed by atoms with Gasteiger partial charge in [-0.05, 0) is 37.3 Å². The number of rotatable bonds is 6. The Kier molecular flexibility index (Phi) is 5.85. The fraction of sp³-hybridized carbons (Fsp3) is 0.538. The Bertz CT molecular complexity index is 299. The minimum Gasteiger partial charge on any atom is -0.307 e. The maximum Gasteiger partial charge on any atom is 0.123 e. The molecule has 0 heterocycles. The van der Waals surface area contributed by atoms with Gasteiger partial charge in [0.25, 0.3) is 0 Å². The smallest absolute Gasteiger partial charge is 0.123 e. The first kappa shape index (κ1) is 13.5. The van der Waals surface area contributed by atoms with E-state index in [2.05, 4.69) is 26.1 Å². The molecule has 1 nitrogen and oxygen atoms in total. The molecule has 16 heavy (non-hydrogen) atoms. The first-order valence-electron chi connectivity index (χ1n) is 5.72. The highest BCUT2D eigenvalue weighted by molar-refractivity contribution is 7.99. The van der Waals surface area contributed by atoms with Crippen LogP contribution in [-0.2, 0) is 0 Å². The van der Waals surface area contributed by atoms with Gasteiger partial charge in [-0.2, -0.15) is 11.8 Å². The summed E-state index contributed by atoms with van der Waals surface area (Å²) in [4.78, 5) is 0. The van der Waals surface area contributed by atoms with Gasteiger partial charge in [-0.1, -0.05) is 19.1 Å². The van der Waals surface area contributed by atoms with E-state index in [0.717, 1.165) is 17.1 Å². The third kappa shape index (κ3) is 4.54. The summed E-state index contributed by atoms with van der Waals surface area (Å²) in [6.45, 7) is 6.46. The summed E-state index contributed by atoms with van der Waals surface area (Å²) < 4.78 is 12.8. The Balaban J connectivity index is 2.45. The van der Waals surface area contributed by atoms with Crippen molar-refractivity contribution in [1.29, 1.82) is 0 Å². The standard InChI is InChI=1S/C13H20FNS/c1-4-16-9-10(2)15-11(3)12-5-7-13(14)8-6-12/h5-8,10-11,15H,4,9H2,1-3H3. The number of nitrogens with one attached hydrogen (secondary N) is 1. The molecule has 0 aromatic heterocycles. The van der Waals surface area contributed by atoms with Gasteiger partial charge in [-0.25, -0.2) is 4.39 Å². The highest BCUT2D eigenvalue weighted by atomic mass is 32.2. The van der Waals surface area contributed by atoms with Crippen molar-refractivity contribution in [1.82, 2.24) is 5.32 Å². The maximum absolute atomic E-state index is 12.8. The molecule has 1 N–H and O–H groups in total. The van der Waals surface area contributed by atoms with Crippen molar-refractivity contribution >= 4 is 11.8 Å². The Morgan fingerprint density at radius 3 is 2.44 bits per heavy atom. The fourth-order valence-electron chi connectivity index (χ4n) is 1.62. The molecular weight excluding hydrogens is 221 g/mol. The third-order valence-corrected chi connectivity index (χ3v) is 3.62. The summed E-state index contributed by atoms with van der Waals surface area (Å²) in [6, 6.07) is 7.45. The molecule has 0 radical (unpaired) electrons. The minimum absolute atomic E-state index is 0.175. The lowest BCUT2D eigenvalue weighted by atomic mass is 10.1. The fourth-order valence-corrected chi connectivity index (χ4v) is 2.30. The predicted octanol–water partition coefficient (Wildman–Crippen LogP) is 3.62. The largest absolute Gasteiger partial charge is 0.307 e. The van der Waals surface area contributed by atoms with Crippen molar-refractivity contribution in [2.45, 2.75) is 32.9 Å². The average molecular weight is 241 g/mol. The Labute approximate surface area is 102 Å². The van der Waals surface area contributed by atoms with E-state index < -0.39 is 0 Å². The molecule has 0 bridgehead atoms. The van der Waals surface area contributed by atoms with Gasteiger partial charge < -0.3 is 5.32 Å². The molecule has 1 rings (SSSR count). The molecule has 0 amide bonds. The number of thioether (sulfide) groups is 1. The van der Waals surface area contributed by atoms with E-state index in [1.165, 1.54) is 12.1 Å². The van der Waals surface area contributed by atoms with Gasteiger partial charge in [0.05, 0.1) is 0 Å². The summed E-state index contributed by atoms with van der Waals surface area (Å²) >= 11 is 1.93. The lowest BCUT2D eigenvalue weighted by Gasteiger charge is -2.20. The van der Waals surface area contributed by atoms with Crippen LogP contribution in [0.2, 0.25) is 0 Å². The second kappa shape index (κ2) is 6.92. The van der Waals surface area contributed by atoms with Crippen LogP contribution in [0.3, 0.4) is 0 Å². The monoisotopic (exact) mass is 241 g/mol. The number of halogens is 1. The molecule has 90 valence electrons. The van der Waals surface area contributed by atoms with Gasteiger partial charge in [-0.15, -0.1) is 0 Å². The van der Waals surface area contributed by atoms with Crippen LogP contribution in [0.4, 0.5) is 4.39 Å². The van der Waals surface area contributed by atoms with Gasteiger partial charge in [0.1, 0.15) is 5.82 Å². The van der Waals surface area contributed by atoms with Crippen LogP contribution in [0.5, 0.6) is 0 Å². The summed E-state index contributed by atoms with van der Waals surface area (Å²) in [5.41, 5.74) is 1.13. The first-order valence-corrected chi connectivity index (χ1v) is 6.88. The normalized spacial score (nSPS) is 14.8. The third-order valence-electron chi connectivity index (χ3n) is 2.48. The highest BCUT2D eigenvalue weighted by Gasteiger charge is 2.08. The summed E-state index contributed by atoms with van der Waals surface area (Å²) in [7, 11) is 0. The Morgan fingerprint density at radius 2 is 1.88 bits per heavy atom. The van der Waals surface area contributed by atoms with Gasteiger partial charge in [-0.3, -0.25) is 0 Å². The SMILES string of the molecule is CCSCC(C)NC(C)c1ccc(F)cc1. The van der Waals surface area contributed by atoms with E-state index in [4.69, 9.17) is 0 Å². The van der Waals surface area contributed by atoms with Crippen LogP contribution in [0.25, 0.3) is 0 Å². The van der Waals surface area contributed by atoms with E-state index in [9.17, 15) is 4.39 Å². The summed E-state index contributed by atoms with van der Waals surface area (Å²) in [5, 5.41) is 3.51. The number of hydrogen-bond acceptors (Lipinski definition) is 2. The predicted molar refractivity (Wildman–Crippen MR) is 70.4 cm³/mol. The first-order chi connectivity index (χ1) is 7.63. The average Bonchev–Trinajstić information content (AvgIpc) is 2.27. The zero-order valence-electron chi connectivity index (χ0n) is 10.2. The number of benzene rings is 1. The quantitative estimate of drug-likeness (QED) is 0.816. The van der Waals surface area contributed by atoms with Crippen LogP contribution >= 0.6 is 11.8 Å². The van der Waals surface area contributed by atoms with E-state index in [1.54, 1.807) is 0 Å². The number of hydrogen-bond donors (Lipinski definition) is 1. The van der Waals surface area contributed by atoms with Crippen LogP contribution in [0, 0.1) is 5.82 Å². The molecular formula is C13H20FNS. The summed E-state index contributed by atoms with van der Waals surface area (Å²) in [5.74, 6) is 2.09. The molecule has 2 unspecified atom stereocenters. The molecule has 0 aliphatic carbocycles. The molecule has 1 aromatic rings. The lowest BCUT2D eigenvalue weighted by Crippen LogP contribution is -2.30. The molecule has 0 saturated carbocycles. The van der Waals surface area contributed by atoms with Crippen LogP contribution in [-0.4, -0.2) is 17.5 Å². The van der Waals surface area contributed by atoms with Gasteiger partial charge >= 0.3 is 0 Å². The van der Waals surface area contributed by atoms with Crippen molar-refractivity contribution in [3.8, 4) is 0 Å². The second-order valence-corrected chi connectivity index (χ2v) is 5.32. The van der Waals surface area contributed by atoms with Crippen molar-refractivity contribution in [3.05, 3.63) is 35.6 Å². The molecule has 0 aliphatic heterocycles. The zero-order valence-corrected chi connectivity index (χ0v) is 11.0. The van der Waals surface area contributed by atoms with E-state index in [-0.39, 0.29) is 11.9 Å². The second-order valence-electron chi connectivity index (χ2n) is 4.00. The van der Waals surface area contributed by atoms with Crippen molar-refractivity contribution in [2.75, 3.05) is 11.5 Å². The van der Waals surface area contributed by atoms with Crippen molar-refractivity contribution in [3.63, 3.8) is 0 Å². The van der Waals surface area contributed by atoms with Crippen molar-refractivity contribution in [2.24, 2.45) is 0 Å². The Morgan fingerprint density at radius 1 is 1.25 bits per heavy atom. The van der Waals surface area contributed by atoms with Crippen LogP contribution in [0.15, 0.2) is 24.3 Å². The van der Waals surface area contributed by atoms with E-state index >= 15 is 0 Å². The highest BCUT2D eigenvalue weighted by Crippen LogP contribution is 2.14. The maximum atomic E-state index is 12.8. The zero-order chi connectivity index (χ0) is 12.0. The molecule has 3 heteroatoms. The minimum atomic E-state index is -0.175. The van der Waals surface area contributed by atoms with Crippen LogP contribution in [0.1, 0.15) is 32.4 Å². The topological polar surface area (TPSA) is 12.0 Å². The molecule has 0 fully saturated rings. The van der Waals surface area contributed by atoms with Crippen molar-refractivity contribution < 1.29 is 4.39 Å². The van der Waals surface area contributed by atoms with E-state index in [0.29, 0.717) is 6.04 Å². The van der Waals surface area contributed by atoms with Gasteiger partial charge in [0.2, 0.25) is 0 Å². The molecule has 1 aromatic carbocycles. The van der Waals surface area contributed by atoms with Gasteiger partial charge in [0, 0.05) is 17.8 Å². The summed E-state index contributed by atoms with van der Waals surface area (Å²) in [6.07, 6.45) is 0. The van der Waals surface area contributed by atoms with Crippen LogP contribution < -0.4 is 5.32 Å². The molecule has 2 atom stereocenters. The van der Waals surface area contributed by atoms with E-state index in [1.807, 2.05) is 23.9 Å². The lowest BCUT2D eigenvalue weighted by molar-refractivity contribution is 0.510. The molecule has 0 aliphatic rings. The van der Waals surface area contributed by atoms with Gasteiger partial charge in [0.15, 0.2) is 0 Å².